The molecule has 0 radical (unpaired) electrons. The van der Waals surface area contributed by atoms with E-state index in [1.165, 1.54) is 12.0 Å². The monoisotopic (exact) mass is 254 g/mol. The fourth-order valence-electron chi connectivity index (χ4n) is 1.85. The zero-order chi connectivity index (χ0) is 12.4. The molecule has 0 aliphatic carbocycles. The molecule has 1 N–H and O–H groups in total. The molecule has 1 aromatic rings. The van der Waals surface area contributed by atoms with Crippen LogP contribution in [-0.2, 0) is 4.74 Å². The molecule has 0 aromatic heterocycles. The molecule has 0 unspecified atom stereocenters. The predicted molar refractivity (Wildman–Crippen MR) is 64.1 cm³/mol. The number of amides is 1. The zero-order valence-electron chi connectivity index (χ0n) is 9.18. The van der Waals surface area contributed by atoms with Crippen molar-refractivity contribution in [2.45, 2.75) is 6.42 Å². The Hall–Kier alpha value is -1.75. The Balaban J connectivity index is 2.51. The lowest BCUT2D eigenvalue weighted by Crippen LogP contribution is -2.37. The van der Waals surface area contributed by atoms with Gasteiger partial charge in [0.25, 0.3) is 0 Å². The molecule has 0 saturated heterocycles. The van der Waals surface area contributed by atoms with Gasteiger partial charge in [-0.25, -0.2) is 4.79 Å². The Bertz CT molecular complexity index is 488. The zero-order valence-corrected chi connectivity index (χ0v) is 9.94. The van der Waals surface area contributed by atoms with Gasteiger partial charge >= 0.3 is 6.09 Å². The molecule has 0 fully saturated rings. The molecule has 1 aliphatic rings. The van der Waals surface area contributed by atoms with Crippen molar-refractivity contribution in [1.29, 1.82) is 0 Å². The molecule has 1 aliphatic heterocycles. The van der Waals surface area contributed by atoms with Crippen molar-refractivity contribution in [2.24, 2.45) is 5.16 Å². The number of hydrogen-bond acceptors (Lipinski definition) is 4. The molecular weight excluding hydrogens is 244 g/mol. The van der Waals surface area contributed by atoms with Crippen LogP contribution in [0.2, 0.25) is 5.02 Å². The van der Waals surface area contributed by atoms with Gasteiger partial charge in [0.1, 0.15) is 0 Å². The average molecular weight is 255 g/mol. The van der Waals surface area contributed by atoms with Gasteiger partial charge in [0.2, 0.25) is 0 Å². The first-order chi connectivity index (χ1) is 8.17. The number of rotatable bonds is 0. The van der Waals surface area contributed by atoms with Crippen molar-refractivity contribution >= 4 is 29.1 Å². The SMILES string of the molecule is COC(=O)N1CC/C(=N/O)c2cc(Cl)ccc21. The number of nitrogens with zero attached hydrogens (tertiary/aromatic N) is 2. The molecule has 0 saturated carbocycles. The van der Waals surface area contributed by atoms with Crippen LogP contribution in [-0.4, -0.2) is 30.7 Å². The molecule has 0 atom stereocenters. The highest BCUT2D eigenvalue weighted by atomic mass is 35.5. The Morgan fingerprint density at radius 3 is 3.00 bits per heavy atom. The van der Waals surface area contributed by atoms with E-state index in [0.717, 1.165) is 0 Å². The first-order valence-electron chi connectivity index (χ1n) is 5.03. The summed E-state index contributed by atoms with van der Waals surface area (Å²) < 4.78 is 4.70. The third-order valence-electron chi connectivity index (χ3n) is 2.65. The number of carbonyl (C=O) groups is 1. The summed E-state index contributed by atoms with van der Waals surface area (Å²) >= 11 is 5.89. The van der Waals surface area contributed by atoms with Crippen molar-refractivity contribution in [3.05, 3.63) is 28.8 Å². The molecule has 1 amide bonds. The standard InChI is InChI=1S/C11H11ClN2O3/c1-17-11(15)14-5-4-9(13-16)8-6-7(12)2-3-10(8)14/h2-3,6,16H,4-5H2,1H3/b13-9-. The van der Waals surface area contributed by atoms with Gasteiger partial charge in [-0.05, 0) is 18.2 Å². The molecule has 17 heavy (non-hydrogen) atoms. The maximum absolute atomic E-state index is 11.6. The fourth-order valence-corrected chi connectivity index (χ4v) is 2.02. The van der Waals surface area contributed by atoms with Crippen LogP contribution in [0.5, 0.6) is 0 Å². The molecular formula is C11H11ClN2O3. The number of carbonyl (C=O) groups excluding carboxylic acids is 1. The molecule has 0 bridgehead atoms. The van der Waals surface area contributed by atoms with Crippen LogP contribution in [0.25, 0.3) is 0 Å². The lowest BCUT2D eigenvalue weighted by atomic mass is 10.00. The van der Waals surface area contributed by atoms with Gasteiger partial charge < -0.3 is 9.94 Å². The van der Waals surface area contributed by atoms with Crippen LogP contribution >= 0.6 is 11.6 Å². The second kappa shape index (κ2) is 4.63. The summed E-state index contributed by atoms with van der Waals surface area (Å²) in [5.41, 5.74) is 1.81. The van der Waals surface area contributed by atoms with Gasteiger partial charge in [-0.1, -0.05) is 16.8 Å². The van der Waals surface area contributed by atoms with Gasteiger partial charge in [0.05, 0.1) is 18.5 Å². The molecule has 2 rings (SSSR count). The summed E-state index contributed by atoms with van der Waals surface area (Å²) in [4.78, 5) is 13.1. The highest BCUT2D eigenvalue weighted by Gasteiger charge is 2.27. The molecule has 0 spiro atoms. The van der Waals surface area contributed by atoms with Gasteiger partial charge in [-0.15, -0.1) is 0 Å². The highest BCUT2D eigenvalue weighted by molar-refractivity contribution is 6.31. The van der Waals surface area contributed by atoms with Crippen LogP contribution < -0.4 is 4.90 Å². The Labute approximate surface area is 103 Å². The van der Waals surface area contributed by atoms with E-state index in [2.05, 4.69) is 5.16 Å². The van der Waals surface area contributed by atoms with Gasteiger partial charge in [0.15, 0.2) is 0 Å². The highest BCUT2D eigenvalue weighted by Crippen LogP contribution is 2.30. The number of oxime groups is 1. The van der Waals surface area contributed by atoms with E-state index in [1.54, 1.807) is 18.2 Å². The Kier molecular flexibility index (Phi) is 3.19. The second-order valence-electron chi connectivity index (χ2n) is 3.58. The van der Waals surface area contributed by atoms with Crippen LogP contribution in [0.3, 0.4) is 0 Å². The van der Waals surface area contributed by atoms with Crippen LogP contribution in [0.4, 0.5) is 10.5 Å². The third kappa shape index (κ3) is 2.06. The van der Waals surface area contributed by atoms with E-state index in [0.29, 0.717) is 35.0 Å². The second-order valence-corrected chi connectivity index (χ2v) is 4.02. The van der Waals surface area contributed by atoms with E-state index < -0.39 is 6.09 Å². The van der Waals surface area contributed by atoms with E-state index in [4.69, 9.17) is 21.5 Å². The summed E-state index contributed by atoms with van der Waals surface area (Å²) in [5, 5.41) is 12.7. The summed E-state index contributed by atoms with van der Waals surface area (Å²) in [7, 11) is 1.33. The topological polar surface area (TPSA) is 62.1 Å². The van der Waals surface area contributed by atoms with Crippen molar-refractivity contribution in [3.8, 4) is 0 Å². The normalized spacial score (nSPS) is 16.8. The first kappa shape index (κ1) is 11.7. The smallest absolute Gasteiger partial charge is 0.414 e. The quantitative estimate of drug-likeness (QED) is 0.572. The minimum absolute atomic E-state index is 0.417. The number of anilines is 1. The molecule has 1 heterocycles. The largest absolute Gasteiger partial charge is 0.452 e. The van der Waals surface area contributed by atoms with Crippen molar-refractivity contribution in [1.82, 2.24) is 0 Å². The maximum atomic E-state index is 11.6. The van der Waals surface area contributed by atoms with Crippen LogP contribution in [0.1, 0.15) is 12.0 Å². The minimum atomic E-state index is -0.439. The number of fused-ring (bicyclic) bond motifs is 1. The van der Waals surface area contributed by atoms with E-state index >= 15 is 0 Å². The van der Waals surface area contributed by atoms with Gasteiger partial charge in [0, 0.05) is 23.6 Å². The number of methoxy groups -OCH3 is 1. The summed E-state index contributed by atoms with van der Waals surface area (Å²) in [5.74, 6) is 0. The van der Waals surface area contributed by atoms with Crippen molar-refractivity contribution in [3.63, 3.8) is 0 Å². The summed E-state index contributed by atoms with van der Waals surface area (Å²) in [6.45, 7) is 0.417. The lowest BCUT2D eigenvalue weighted by molar-refractivity contribution is 0.178. The maximum Gasteiger partial charge on any atom is 0.414 e. The van der Waals surface area contributed by atoms with Crippen LogP contribution in [0.15, 0.2) is 23.4 Å². The minimum Gasteiger partial charge on any atom is -0.452 e. The van der Waals surface area contributed by atoms with Crippen molar-refractivity contribution in [2.75, 3.05) is 18.6 Å². The Morgan fingerprint density at radius 2 is 2.35 bits per heavy atom. The summed E-state index contributed by atoms with van der Waals surface area (Å²) in [6, 6.07) is 5.05. The van der Waals surface area contributed by atoms with Crippen LogP contribution in [0, 0.1) is 0 Å². The number of ether oxygens (including phenoxy) is 1. The molecule has 1 aromatic carbocycles. The lowest BCUT2D eigenvalue weighted by Gasteiger charge is -2.28. The summed E-state index contributed by atoms with van der Waals surface area (Å²) in [6.07, 6.45) is 0.0180. The number of hydrogen-bond donors (Lipinski definition) is 1. The predicted octanol–water partition coefficient (Wildman–Crippen LogP) is 2.49. The Morgan fingerprint density at radius 1 is 1.59 bits per heavy atom. The first-order valence-corrected chi connectivity index (χ1v) is 5.41. The van der Waals surface area contributed by atoms with Gasteiger partial charge in [-0.3, -0.25) is 4.90 Å². The van der Waals surface area contributed by atoms with E-state index in [1.807, 2.05) is 0 Å². The fraction of sp³-hybridized carbons (Fsp3) is 0.273. The van der Waals surface area contributed by atoms with E-state index in [9.17, 15) is 4.79 Å². The number of halogens is 1. The number of benzene rings is 1. The third-order valence-corrected chi connectivity index (χ3v) is 2.88. The molecule has 90 valence electrons. The van der Waals surface area contributed by atoms with E-state index in [-0.39, 0.29) is 0 Å². The van der Waals surface area contributed by atoms with Crippen molar-refractivity contribution < 1.29 is 14.7 Å². The molecule has 5 nitrogen and oxygen atoms in total. The molecule has 6 heteroatoms. The van der Waals surface area contributed by atoms with Gasteiger partial charge in [-0.2, -0.15) is 0 Å². The average Bonchev–Trinajstić information content (AvgIpc) is 2.36.